The lowest BCUT2D eigenvalue weighted by Crippen LogP contribution is -2.23. The van der Waals surface area contributed by atoms with Gasteiger partial charge in [-0.3, -0.25) is 10.4 Å². The molecule has 7 heteroatoms. The first kappa shape index (κ1) is 26.2. The Morgan fingerprint density at radius 2 is 1.68 bits per heavy atom. The Morgan fingerprint density at radius 1 is 0.830 bits per heavy atom. The van der Waals surface area contributed by atoms with Gasteiger partial charge in [0.1, 0.15) is 22.4 Å². The molecule has 10 rings (SSSR count). The quantitative estimate of drug-likeness (QED) is 0.215. The van der Waals surface area contributed by atoms with E-state index in [1.807, 2.05) is 42.4 Å². The second-order valence-corrected chi connectivity index (χ2v) is 12.6. The standard InChI is InChI=1S/C40H29N5O2/c1-23-14-16-34-29(18-23)27-10-3-5-12-33(27)45(34)26-9-7-8-24(19-26)32-22-44(2)43-38-30-20-25(15-17-36(30)47-40(32)38)31-21-41-42-37-28-11-4-6-13-35(28)46-39(31)37/h3-17,19-23,43H,18H2,1-2H3. The number of furan rings is 2. The Bertz CT molecular complexity index is 2640. The zero-order valence-electron chi connectivity index (χ0n) is 25.9. The molecule has 0 fully saturated rings. The SMILES string of the molecule is CC1C=Cc2c(c3ccccc3n2-c2cccc(C3=CN(C)Nc4c3oc3ccc(-c5cnnc6c5oc5ccccc56)cc43)c2)C1. The van der Waals surface area contributed by atoms with Gasteiger partial charge in [0, 0.05) is 51.9 Å². The molecule has 2 aliphatic rings. The Morgan fingerprint density at radius 3 is 2.62 bits per heavy atom. The number of aromatic nitrogens is 3. The molecule has 7 nitrogen and oxygen atoms in total. The zero-order chi connectivity index (χ0) is 31.2. The second kappa shape index (κ2) is 9.71. The molecule has 0 amide bonds. The number of nitrogens with one attached hydrogen (secondary N) is 1. The number of fused-ring (bicyclic) bond motifs is 9. The molecular weight excluding hydrogens is 582 g/mol. The van der Waals surface area contributed by atoms with Gasteiger partial charge in [0.05, 0.1) is 11.7 Å². The minimum absolute atomic E-state index is 0.523. The summed E-state index contributed by atoms with van der Waals surface area (Å²) >= 11 is 0. The van der Waals surface area contributed by atoms with E-state index >= 15 is 0 Å². The first-order chi connectivity index (χ1) is 23.1. The molecule has 0 saturated heterocycles. The summed E-state index contributed by atoms with van der Waals surface area (Å²) in [5, 5.41) is 14.0. The summed E-state index contributed by atoms with van der Waals surface area (Å²) in [5.41, 5.74) is 16.5. The maximum absolute atomic E-state index is 6.61. The monoisotopic (exact) mass is 611 g/mol. The van der Waals surface area contributed by atoms with Crippen molar-refractivity contribution in [2.75, 3.05) is 12.5 Å². The minimum Gasteiger partial charge on any atom is -0.454 e. The highest BCUT2D eigenvalue weighted by Crippen LogP contribution is 2.44. The van der Waals surface area contributed by atoms with Crippen LogP contribution in [0.15, 0.2) is 118 Å². The molecule has 5 heterocycles. The lowest BCUT2D eigenvalue weighted by atomic mass is 9.93. The van der Waals surface area contributed by atoms with Crippen LogP contribution < -0.4 is 5.43 Å². The van der Waals surface area contributed by atoms with Gasteiger partial charge in [-0.15, -0.1) is 5.10 Å². The molecule has 1 atom stereocenters. The smallest absolute Gasteiger partial charge is 0.165 e. The van der Waals surface area contributed by atoms with Gasteiger partial charge in [-0.05, 0) is 77.6 Å². The number of para-hydroxylation sites is 2. The van der Waals surface area contributed by atoms with Gasteiger partial charge in [0.25, 0.3) is 0 Å². The largest absolute Gasteiger partial charge is 0.454 e. The van der Waals surface area contributed by atoms with E-state index < -0.39 is 0 Å². The van der Waals surface area contributed by atoms with Crippen LogP contribution in [0.4, 0.5) is 5.69 Å². The summed E-state index contributed by atoms with van der Waals surface area (Å²) in [6.45, 7) is 2.29. The zero-order valence-corrected chi connectivity index (χ0v) is 25.9. The minimum atomic E-state index is 0.523. The maximum atomic E-state index is 6.61. The fraction of sp³-hybridized carbons (Fsp3) is 0.100. The molecule has 0 spiro atoms. The van der Waals surface area contributed by atoms with Gasteiger partial charge in [0.2, 0.25) is 0 Å². The summed E-state index contributed by atoms with van der Waals surface area (Å²) in [5.74, 6) is 1.33. The molecule has 1 aliphatic carbocycles. The van der Waals surface area contributed by atoms with E-state index in [-0.39, 0.29) is 0 Å². The molecule has 0 radical (unpaired) electrons. The van der Waals surface area contributed by atoms with Crippen LogP contribution >= 0.6 is 0 Å². The van der Waals surface area contributed by atoms with Gasteiger partial charge in [-0.25, -0.2) is 0 Å². The Hall–Kier alpha value is -6.08. The van der Waals surface area contributed by atoms with E-state index in [0.717, 1.165) is 78.9 Å². The van der Waals surface area contributed by atoms with Gasteiger partial charge >= 0.3 is 0 Å². The third-order valence-corrected chi connectivity index (χ3v) is 9.56. The average molecular weight is 612 g/mol. The predicted octanol–water partition coefficient (Wildman–Crippen LogP) is 9.60. The predicted molar refractivity (Wildman–Crippen MR) is 188 cm³/mol. The lowest BCUT2D eigenvalue weighted by molar-refractivity contribution is 0.529. The average Bonchev–Trinajstić information content (AvgIpc) is 3.77. The van der Waals surface area contributed by atoms with E-state index in [2.05, 4.69) is 106 Å². The van der Waals surface area contributed by atoms with Crippen LogP contribution in [0.3, 0.4) is 0 Å². The van der Waals surface area contributed by atoms with Crippen LogP contribution in [0.5, 0.6) is 0 Å². The summed E-state index contributed by atoms with van der Waals surface area (Å²) in [6, 6.07) is 31.7. The first-order valence-electron chi connectivity index (χ1n) is 15.9. The molecule has 47 heavy (non-hydrogen) atoms. The van der Waals surface area contributed by atoms with Crippen LogP contribution in [-0.4, -0.2) is 26.8 Å². The van der Waals surface area contributed by atoms with Crippen molar-refractivity contribution in [3.63, 3.8) is 0 Å². The molecular formula is C40H29N5O2. The number of hydrazine groups is 1. The van der Waals surface area contributed by atoms with Crippen molar-refractivity contribution >= 4 is 61.3 Å². The lowest BCUT2D eigenvalue weighted by Gasteiger charge is -2.24. The fourth-order valence-corrected chi connectivity index (χ4v) is 7.41. The van der Waals surface area contributed by atoms with Crippen molar-refractivity contribution in [2.45, 2.75) is 13.3 Å². The third-order valence-electron chi connectivity index (χ3n) is 9.56. The highest BCUT2D eigenvalue weighted by Gasteiger charge is 2.26. The maximum Gasteiger partial charge on any atom is 0.165 e. The number of nitrogens with zero attached hydrogens (tertiary/aromatic N) is 4. The molecule has 8 aromatic rings. The van der Waals surface area contributed by atoms with E-state index in [9.17, 15) is 0 Å². The second-order valence-electron chi connectivity index (χ2n) is 12.6. The Kier molecular flexibility index (Phi) is 5.41. The number of hydrogen-bond donors (Lipinski definition) is 1. The molecule has 1 unspecified atom stereocenters. The number of hydrogen-bond acceptors (Lipinski definition) is 6. The summed E-state index contributed by atoms with van der Waals surface area (Å²) in [7, 11) is 2.02. The van der Waals surface area contributed by atoms with Gasteiger partial charge in [-0.2, -0.15) is 5.10 Å². The molecule has 226 valence electrons. The van der Waals surface area contributed by atoms with E-state index in [4.69, 9.17) is 8.83 Å². The highest BCUT2D eigenvalue weighted by molar-refractivity contribution is 6.08. The summed E-state index contributed by atoms with van der Waals surface area (Å²) in [6.07, 6.45) is 9.53. The molecule has 1 N–H and O–H groups in total. The van der Waals surface area contributed by atoms with Gasteiger partial charge in [-0.1, -0.05) is 61.5 Å². The number of anilines is 1. The van der Waals surface area contributed by atoms with Crippen molar-refractivity contribution < 1.29 is 8.83 Å². The topological polar surface area (TPSA) is 72.3 Å². The van der Waals surface area contributed by atoms with Crippen LogP contribution in [-0.2, 0) is 6.42 Å². The Labute approximate surface area is 270 Å². The molecule has 4 aromatic heterocycles. The fourth-order valence-electron chi connectivity index (χ4n) is 7.41. The number of benzene rings is 4. The van der Waals surface area contributed by atoms with Crippen molar-refractivity contribution in [3.8, 4) is 16.8 Å². The van der Waals surface area contributed by atoms with Crippen molar-refractivity contribution in [1.82, 2.24) is 19.8 Å². The normalized spacial score (nSPS) is 15.7. The molecule has 0 bridgehead atoms. The van der Waals surface area contributed by atoms with Crippen molar-refractivity contribution in [2.24, 2.45) is 5.92 Å². The van der Waals surface area contributed by atoms with E-state index in [0.29, 0.717) is 5.92 Å². The van der Waals surface area contributed by atoms with Gasteiger partial charge < -0.3 is 13.4 Å². The van der Waals surface area contributed by atoms with Crippen LogP contribution in [0.25, 0.3) is 72.4 Å². The van der Waals surface area contributed by atoms with E-state index in [1.54, 1.807) is 6.20 Å². The van der Waals surface area contributed by atoms with E-state index in [1.165, 1.54) is 22.2 Å². The summed E-state index contributed by atoms with van der Waals surface area (Å²) in [4.78, 5) is 0. The molecule has 4 aromatic carbocycles. The first-order valence-corrected chi connectivity index (χ1v) is 15.9. The van der Waals surface area contributed by atoms with Crippen LogP contribution in [0.1, 0.15) is 29.5 Å². The van der Waals surface area contributed by atoms with Crippen molar-refractivity contribution in [1.29, 1.82) is 0 Å². The van der Waals surface area contributed by atoms with Crippen molar-refractivity contribution in [3.05, 3.63) is 132 Å². The Balaban J connectivity index is 1.11. The highest BCUT2D eigenvalue weighted by atomic mass is 16.3. The van der Waals surface area contributed by atoms with Crippen LogP contribution in [0.2, 0.25) is 0 Å². The third kappa shape index (κ3) is 3.86. The molecule has 1 aliphatic heterocycles. The summed E-state index contributed by atoms with van der Waals surface area (Å²) < 4.78 is 15.3. The molecule has 0 saturated carbocycles. The van der Waals surface area contributed by atoms with Gasteiger partial charge in [0.15, 0.2) is 11.3 Å². The number of allylic oxidation sites excluding steroid dienone is 1. The number of rotatable bonds is 3. The van der Waals surface area contributed by atoms with Crippen LogP contribution in [0, 0.1) is 5.92 Å².